The SMILES string of the molecule is COCCCN(C[C@@H]1CCCN2CCCC[C@H]12)C(=O)C1CC(=O)N(Cc2ccco2)C1. The first-order valence-electron chi connectivity index (χ1n) is 12.0. The predicted octanol–water partition coefficient (Wildman–Crippen LogP) is 2.76. The molecule has 4 rings (SSSR count). The lowest BCUT2D eigenvalue weighted by Crippen LogP contribution is -2.52. The van der Waals surface area contributed by atoms with Gasteiger partial charge in [-0.3, -0.25) is 9.59 Å². The van der Waals surface area contributed by atoms with Crippen molar-refractivity contribution in [3.8, 4) is 0 Å². The van der Waals surface area contributed by atoms with Crippen LogP contribution in [0, 0.1) is 11.8 Å². The van der Waals surface area contributed by atoms with Crippen molar-refractivity contribution in [2.24, 2.45) is 11.8 Å². The van der Waals surface area contributed by atoms with E-state index in [0.717, 1.165) is 18.7 Å². The summed E-state index contributed by atoms with van der Waals surface area (Å²) in [6.07, 6.45) is 9.03. The fourth-order valence-electron chi connectivity index (χ4n) is 5.70. The number of fused-ring (bicyclic) bond motifs is 1. The van der Waals surface area contributed by atoms with E-state index in [1.165, 1.54) is 45.2 Å². The van der Waals surface area contributed by atoms with E-state index >= 15 is 0 Å². The molecular weight excluding hydrogens is 394 g/mol. The lowest BCUT2D eigenvalue weighted by atomic mass is 9.83. The summed E-state index contributed by atoms with van der Waals surface area (Å²) in [5, 5.41) is 0. The van der Waals surface area contributed by atoms with Crippen molar-refractivity contribution in [1.82, 2.24) is 14.7 Å². The maximum Gasteiger partial charge on any atom is 0.228 e. The van der Waals surface area contributed by atoms with Crippen LogP contribution in [0.3, 0.4) is 0 Å². The highest BCUT2D eigenvalue weighted by molar-refractivity contribution is 5.89. The normalized spacial score (nSPS) is 26.8. The smallest absolute Gasteiger partial charge is 0.228 e. The molecule has 1 unspecified atom stereocenters. The number of likely N-dealkylation sites (tertiary alicyclic amines) is 1. The monoisotopic (exact) mass is 431 g/mol. The van der Waals surface area contributed by atoms with Crippen molar-refractivity contribution < 1.29 is 18.7 Å². The highest BCUT2D eigenvalue weighted by atomic mass is 16.5. The fourth-order valence-corrected chi connectivity index (χ4v) is 5.70. The van der Waals surface area contributed by atoms with Gasteiger partial charge in [-0.1, -0.05) is 6.42 Å². The third kappa shape index (κ3) is 5.50. The third-order valence-electron chi connectivity index (χ3n) is 7.26. The second kappa shape index (κ2) is 10.6. The molecule has 2 amide bonds. The van der Waals surface area contributed by atoms with Crippen LogP contribution >= 0.6 is 0 Å². The van der Waals surface area contributed by atoms with Crippen LogP contribution in [0.2, 0.25) is 0 Å². The maximum atomic E-state index is 13.5. The number of hydrogen-bond donors (Lipinski definition) is 0. The summed E-state index contributed by atoms with van der Waals surface area (Å²) in [7, 11) is 1.70. The van der Waals surface area contributed by atoms with Gasteiger partial charge in [0.1, 0.15) is 5.76 Å². The molecule has 3 aliphatic heterocycles. The van der Waals surface area contributed by atoms with Crippen LogP contribution in [-0.4, -0.2) is 79.0 Å². The van der Waals surface area contributed by atoms with Gasteiger partial charge in [-0.05, 0) is 63.2 Å². The van der Waals surface area contributed by atoms with Crippen LogP contribution in [0.4, 0.5) is 0 Å². The minimum atomic E-state index is -0.254. The van der Waals surface area contributed by atoms with E-state index < -0.39 is 0 Å². The van der Waals surface area contributed by atoms with Crippen LogP contribution in [0.15, 0.2) is 22.8 Å². The van der Waals surface area contributed by atoms with E-state index in [9.17, 15) is 9.59 Å². The Morgan fingerprint density at radius 2 is 2.13 bits per heavy atom. The van der Waals surface area contributed by atoms with Gasteiger partial charge in [0.15, 0.2) is 0 Å². The molecule has 31 heavy (non-hydrogen) atoms. The standard InChI is InChI=1S/C24H37N3O4/c1-30-13-6-12-26(16-19-7-4-11-25-10-3-2-9-22(19)25)24(29)20-15-23(28)27(17-20)18-21-8-5-14-31-21/h5,8,14,19-20,22H,2-4,6-7,9-13,15-18H2,1H3/t19-,20?,22+/m0/s1. The molecule has 172 valence electrons. The van der Waals surface area contributed by atoms with Gasteiger partial charge in [0.2, 0.25) is 11.8 Å². The number of furan rings is 1. The van der Waals surface area contributed by atoms with Gasteiger partial charge in [0, 0.05) is 45.8 Å². The molecule has 0 N–H and O–H groups in total. The zero-order valence-electron chi connectivity index (χ0n) is 18.8. The molecule has 7 nitrogen and oxygen atoms in total. The third-order valence-corrected chi connectivity index (χ3v) is 7.26. The van der Waals surface area contributed by atoms with Crippen LogP contribution in [0.1, 0.15) is 50.7 Å². The number of rotatable bonds is 9. The van der Waals surface area contributed by atoms with Gasteiger partial charge in [0.05, 0.1) is 18.7 Å². The molecule has 4 heterocycles. The molecule has 0 bridgehead atoms. The molecule has 1 aromatic heterocycles. The first-order chi connectivity index (χ1) is 15.2. The lowest BCUT2D eigenvalue weighted by molar-refractivity contribution is -0.137. The summed E-state index contributed by atoms with van der Waals surface area (Å²) in [6.45, 7) is 5.51. The molecular formula is C24H37N3O4. The van der Waals surface area contributed by atoms with Gasteiger partial charge >= 0.3 is 0 Å². The zero-order chi connectivity index (χ0) is 21.6. The average Bonchev–Trinajstić information content (AvgIpc) is 3.43. The van der Waals surface area contributed by atoms with Gasteiger partial charge in [-0.25, -0.2) is 0 Å². The number of piperidine rings is 2. The molecule has 3 saturated heterocycles. The van der Waals surface area contributed by atoms with Crippen LogP contribution in [0.25, 0.3) is 0 Å². The Balaban J connectivity index is 1.40. The molecule has 0 spiro atoms. The molecule has 3 atom stereocenters. The summed E-state index contributed by atoms with van der Waals surface area (Å²) in [5.41, 5.74) is 0. The van der Waals surface area contributed by atoms with Gasteiger partial charge in [-0.15, -0.1) is 0 Å². The Bertz CT molecular complexity index is 720. The Hall–Kier alpha value is -1.86. The first kappa shape index (κ1) is 22.3. The number of carbonyl (C=O) groups excluding carboxylic acids is 2. The van der Waals surface area contributed by atoms with E-state index in [4.69, 9.17) is 9.15 Å². The second-order valence-corrected chi connectivity index (χ2v) is 9.39. The van der Waals surface area contributed by atoms with Gasteiger partial charge in [0.25, 0.3) is 0 Å². The molecule has 7 heteroatoms. The largest absolute Gasteiger partial charge is 0.467 e. The number of hydrogen-bond acceptors (Lipinski definition) is 5. The van der Waals surface area contributed by atoms with E-state index in [1.54, 1.807) is 18.3 Å². The fraction of sp³-hybridized carbons (Fsp3) is 0.750. The molecule has 3 fully saturated rings. The van der Waals surface area contributed by atoms with Crippen molar-refractivity contribution >= 4 is 11.8 Å². The van der Waals surface area contributed by atoms with Crippen molar-refractivity contribution in [2.75, 3.05) is 46.4 Å². The molecule has 3 aliphatic rings. The highest BCUT2D eigenvalue weighted by Gasteiger charge is 2.39. The minimum Gasteiger partial charge on any atom is -0.467 e. The summed E-state index contributed by atoms with van der Waals surface area (Å²) in [6, 6.07) is 4.31. The molecule has 0 radical (unpaired) electrons. The highest BCUT2D eigenvalue weighted by Crippen LogP contribution is 2.32. The summed E-state index contributed by atoms with van der Waals surface area (Å²) in [4.78, 5) is 32.6. The second-order valence-electron chi connectivity index (χ2n) is 9.39. The van der Waals surface area contributed by atoms with Gasteiger partial charge in [-0.2, -0.15) is 0 Å². The Labute approximate surface area is 185 Å². The first-order valence-corrected chi connectivity index (χ1v) is 12.0. The molecule has 0 saturated carbocycles. The predicted molar refractivity (Wildman–Crippen MR) is 117 cm³/mol. The minimum absolute atomic E-state index is 0.0442. The quantitative estimate of drug-likeness (QED) is 0.563. The summed E-state index contributed by atoms with van der Waals surface area (Å²) < 4.78 is 10.6. The van der Waals surface area contributed by atoms with E-state index in [2.05, 4.69) is 9.80 Å². The number of ether oxygens (including phenoxy) is 1. The number of methoxy groups -OCH3 is 1. The van der Waals surface area contributed by atoms with Gasteiger partial charge < -0.3 is 23.9 Å². The molecule has 1 aromatic rings. The maximum absolute atomic E-state index is 13.5. The Kier molecular flexibility index (Phi) is 7.67. The Morgan fingerprint density at radius 1 is 1.26 bits per heavy atom. The number of carbonyl (C=O) groups is 2. The van der Waals surface area contributed by atoms with E-state index in [1.807, 2.05) is 12.1 Å². The van der Waals surface area contributed by atoms with Crippen LogP contribution < -0.4 is 0 Å². The summed E-state index contributed by atoms with van der Waals surface area (Å²) >= 11 is 0. The van der Waals surface area contributed by atoms with E-state index in [-0.39, 0.29) is 17.7 Å². The topological polar surface area (TPSA) is 66.2 Å². The average molecular weight is 432 g/mol. The van der Waals surface area contributed by atoms with Crippen molar-refractivity contribution in [2.45, 2.75) is 57.5 Å². The zero-order valence-corrected chi connectivity index (χ0v) is 18.8. The summed E-state index contributed by atoms with van der Waals surface area (Å²) in [5.74, 6) is 1.23. The van der Waals surface area contributed by atoms with Crippen LogP contribution in [-0.2, 0) is 20.9 Å². The lowest BCUT2D eigenvalue weighted by Gasteiger charge is -2.46. The molecule has 0 aliphatic carbocycles. The molecule has 0 aromatic carbocycles. The van der Waals surface area contributed by atoms with Crippen molar-refractivity contribution in [3.63, 3.8) is 0 Å². The number of amides is 2. The van der Waals surface area contributed by atoms with E-state index in [0.29, 0.717) is 44.6 Å². The number of nitrogens with zero attached hydrogens (tertiary/aromatic N) is 3. The van der Waals surface area contributed by atoms with Crippen molar-refractivity contribution in [1.29, 1.82) is 0 Å². The Morgan fingerprint density at radius 3 is 2.94 bits per heavy atom. The van der Waals surface area contributed by atoms with Crippen LogP contribution in [0.5, 0.6) is 0 Å². The van der Waals surface area contributed by atoms with Crippen molar-refractivity contribution in [3.05, 3.63) is 24.2 Å².